The summed E-state index contributed by atoms with van der Waals surface area (Å²) in [6.45, 7) is 16.5. The van der Waals surface area contributed by atoms with Crippen molar-refractivity contribution in [3.63, 3.8) is 0 Å². The minimum Gasteiger partial charge on any atom is -0.457 e. The number of esters is 1. The molecule has 0 radical (unpaired) electrons. The van der Waals surface area contributed by atoms with E-state index >= 15 is 0 Å². The molecule has 0 amide bonds. The average molecular weight is 545 g/mol. The van der Waals surface area contributed by atoms with Gasteiger partial charge in [0.2, 0.25) is 0 Å². The normalized spacial score (nSPS) is 52.5. The molecule has 6 rings (SSSR count). The van der Waals surface area contributed by atoms with Crippen molar-refractivity contribution in [3.05, 3.63) is 0 Å². The Balaban J connectivity index is 1.34. The van der Waals surface area contributed by atoms with Crippen molar-refractivity contribution in [2.75, 3.05) is 0 Å². The second kappa shape index (κ2) is 8.31. The molecular formula is C33H52O6. The van der Waals surface area contributed by atoms with Gasteiger partial charge in [0.05, 0.1) is 17.8 Å². The minimum absolute atomic E-state index is 0.0745. The third-order valence-electron chi connectivity index (χ3n) is 14.1. The minimum atomic E-state index is -1.27. The largest absolute Gasteiger partial charge is 0.457 e. The van der Waals surface area contributed by atoms with Gasteiger partial charge in [-0.3, -0.25) is 9.59 Å². The maximum Gasteiger partial charge on any atom is 0.305 e. The Labute approximate surface area is 235 Å². The van der Waals surface area contributed by atoms with E-state index < -0.39 is 29.3 Å². The molecule has 39 heavy (non-hydrogen) atoms. The van der Waals surface area contributed by atoms with Crippen LogP contribution < -0.4 is 0 Å². The summed E-state index contributed by atoms with van der Waals surface area (Å²) in [5.74, 6) is 1.12. The molecule has 6 heteroatoms. The summed E-state index contributed by atoms with van der Waals surface area (Å²) in [5, 5.41) is 21.9. The van der Waals surface area contributed by atoms with Crippen molar-refractivity contribution in [2.24, 2.45) is 50.7 Å². The van der Waals surface area contributed by atoms with Gasteiger partial charge >= 0.3 is 5.97 Å². The number of Topliss-reactive ketones (excluding diaryl/α,β-unsaturated/α-hetero) is 1. The van der Waals surface area contributed by atoms with Crippen LogP contribution in [-0.2, 0) is 19.1 Å². The van der Waals surface area contributed by atoms with E-state index in [9.17, 15) is 19.8 Å². The molecule has 0 aromatic heterocycles. The van der Waals surface area contributed by atoms with Gasteiger partial charge in [-0.15, -0.1) is 0 Å². The Morgan fingerprint density at radius 3 is 2.36 bits per heavy atom. The molecule has 5 aliphatic carbocycles. The summed E-state index contributed by atoms with van der Waals surface area (Å²) < 4.78 is 12.5. The van der Waals surface area contributed by atoms with Crippen molar-refractivity contribution in [2.45, 2.75) is 143 Å². The van der Waals surface area contributed by atoms with E-state index in [1.807, 2.05) is 0 Å². The maximum absolute atomic E-state index is 14.8. The summed E-state index contributed by atoms with van der Waals surface area (Å²) in [5.41, 5.74) is -1.46. The zero-order valence-electron chi connectivity index (χ0n) is 25.5. The number of fused-ring (bicyclic) bond motifs is 4. The number of ketones is 1. The number of ether oxygens (including phenoxy) is 2. The first-order valence-electron chi connectivity index (χ1n) is 15.8. The number of aliphatic hydroxyl groups excluding tert-OH is 1. The fourth-order valence-electron chi connectivity index (χ4n) is 12.1. The Hall–Kier alpha value is -0.980. The smallest absolute Gasteiger partial charge is 0.305 e. The van der Waals surface area contributed by atoms with Crippen molar-refractivity contribution in [1.82, 2.24) is 0 Å². The lowest BCUT2D eigenvalue weighted by Crippen LogP contribution is -2.59. The van der Waals surface area contributed by atoms with Crippen molar-refractivity contribution in [1.29, 1.82) is 0 Å². The van der Waals surface area contributed by atoms with Crippen LogP contribution in [-0.4, -0.2) is 52.0 Å². The predicted octanol–water partition coefficient (Wildman–Crippen LogP) is 5.46. The lowest BCUT2D eigenvalue weighted by Gasteiger charge is -2.62. The molecule has 2 spiro atoms. The first kappa shape index (κ1) is 28.2. The highest BCUT2D eigenvalue weighted by Crippen LogP contribution is 2.88. The second-order valence-corrected chi connectivity index (χ2v) is 16.3. The number of rotatable bonds is 4. The molecule has 2 N–H and O–H groups in total. The van der Waals surface area contributed by atoms with E-state index in [-0.39, 0.29) is 57.8 Å². The number of hydrogen-bond acceptors (Lipinski definition) is 6. The number of carbonyl (C=O) groups is 2. The topological polar surface area (TPSA) is 93.1 Å². The Kier molecular flexibility index (Phi) is 6.00. The highest BCUT2D eigenvalue weighted by atomic mass is 16.6. The van der Waals surface area contributed by atoms with Crippen LogP contribution in [0.3, 0.4) is 0 Å². The van der Waals surface area contributed by atoms with Crippen LogP contribution in [0.4, 0.5) is 0 Å². The van der Waals surface area contributed by atoms with Gasteiger partial charge < -0.3 is 19.7 Å². The molecule has 5 saturated carbocycles. The number of hydrogen-bond donors (Lipinski definition) is 2. The van der Waals surface area contributed by atoms with Gasteiger partial charge in [0.15, 0.2) is 11.9 Å². The lowest BCUT2D eigenvalue weighted by atomic mass is 9.41. The fourth-order valence-corrected chi connectivity index (χ4v) is 12.1. The summed E-state index contributed by atoms with van der Waals surface area (Å²) in [6.07, 6.45) is 6.38. The van der Waals surface area contributed by atoms with E-state index in [1.54, 1.807) is 20.8 Å². The number of carbonyl (C=O) groups excluding carboxylic acids is 2. The van der Waals surface area contributed by atoms with Gasteiger partial charge in [0.25, 0.3) is 0 Å². The van der Waals surface area contributed by atoms with Gasteiger partial charge in [-0.25, -0.2) is 0 Å². The molecule has 1 heterocycles. The monoisotopic (exact) mass is 544 g/mol. The zero-order valence-corrected chi connectivity index (χ0v) is 25.5. The highest BCUT2D eigenvalue weighted by molar-refractivity contribution is 5.93. The molecular weight excluding hydrogens is 492 g/mol. The second-order valence-electron chi connectivity index (χ2n) is 16.3. The first-order chi connectivity index (χ1) is 18.0. The van der Waals surface area contributed by atoms with E-state index in [0.29, 0.717) is 18.3 Å². The molecule has 1 unspecified atom stereocenters. The van der Waals surface area contributed by atoms with Gasteiger partial charge in [0.1, 0.15) is 6.10 Å². The van der Waals surface area contributed by atoms with Crippen LogP contribution in [0.15, 0.2) is 0 Å². The van der Waals surface area contributed by atoms with Crippen LogP contribution in [0.1, 0.15) is 113 Å². The molecule has 220 valence electrons. The van der Waals surface area contributed by atoms with Gasteiger partial charge in [0, 0.05) is 17.8 Å². The molecule has 0 bridgehead atoms. The molecule has 12 atom stereocenters. The average Bonchev–Trinajstić information content (AvgIpc) is 3.49. The van der Waals surface area contributed by atoms with Crippen LogP contribution in [0, 0.1) is 50.7 Å². The maximum atomic E-state index is 14.8. The van der Waals surface area contributed by atoms with Crippen LogP contribution in [0.2, 0.25) is 0 Å². The predicted molar refractivity (Wildman–Crippen MR) is 148 cm³/mol. The van der Waals surface area contributed by atoms with Gasteiger partial charge in [-0.2, -0.15) is 0 Å². The van der Waals surface area contributed by atoms with E-state index in [1.165, 1.54) is 12.8 Å². The molecule has 6 fully saturated rings. The third kappa shape index (κ3) is 3.32. The molecule has 6 nitrogen and oxygen atoms in total. The Morgan fingerprint density at radius 2 is 1.72 bits per heavy atom. The number of aliphatic hydroxyl groups is 2. The van der Waals surface area contributed by atoms with E-state index in [0.717, 1.165) is 32.1 Å². The summed E-state index contributed by atoms with van der Waals surface area (Å²) in [7, 11) is 0. The van der Waals surface area contributed by atoms with Crippen LogP contribution >= 0.6 is 0 Å². The van der Waals surface area contributed by atoms with Crippen molar-refractivity contribution in [3.8, 4) is 0 Å². The molecule has 1 saturated heterocycles. The molecule has 0 aromatic rings. The highest BCUT2D eigenvalue weighted by Gasteiger charge is 2.84. The van der Waals surface area contributed by atoms with Gasteiger partial charge in [-0.1, -0.05) is 41.5 Å². The lowest BCUT2D eigenvalue weighted by molar-refractivity contribution is -0.210. The SMILES string of the molecule is CCC(=O)O[C@@H]([C@H]1C[C@@H](C)[C@H]2[C@H](O1)C(=O)[C@@]1(C)[C@@H]3CC[C@H]4C(C)(C)[C@@H](O)CCC45C[C@@]35CC[C@]21C)C(C)(C)O. The molecule has 1 aliphatic heterocycles. The third-order valence-corrected chi connectivity index (χ3v) is 14.1. The summed E-state index contributed by atoms with van der Waals surface area (Å²) >= 11 is 0. The molecule has 6 aliphatic rings. The first-order valence-corrected chi connectivity index (χ1v) is 15.8. The molecule has 0 aromatic carbocycles. The Bertz CT molecular complexity index is 1060. The zero-order chi connectivity index (χ0) is 28.6. The van der Waals surface area contributed by atoms with Crippen molar-refractivity contribution >= 4 is 11.8 Å². The standard InChI is InChI=1S/C33H52O6/c1-9-23(35)39-27(29(5,6)37)19-16-18(2)24-25(38-19)26(36)31(8)21-11-10-20-28(3,4)22(34)12-13-32(20)17-33(21,32)15-14-30(24,31)7/h18-22,24-25,27,34,37H,9-17H2,1-8H3/t18-,19-,20+,21+,22+,24+,25+,27+,30-,31-,32?,33+/m1/s1. The van der Waals surface area contributed by atoms with E-state index in [2.05, 4.69) is 34.6 Å². The fraction of sp³-hybridized carbons (Fsp3) is 0.939. The Morgan fingerprint density at radius 1 is 1.08 bits per heavy atom. The van der Waals surface area contributed by atoms with Crippen LogP contribution in [0.5, 0.6) is 0 Å². The quantitative estimate of drug-likeness (QED) is 0.457. The summed E-state index contributed by atoms with van der Waals surface area (Å²) in [6, 6.07) is 0. The van der Waals surface area contributed by atoms with Gasteiger partial charge in [-0.05, 0) is 105 Å². The van der Waals surface area contributed by atoms with Crippen LogP contribution in [0.25, 0.3) is 0 Å². The van der Waals surface area contributed by atoms with E-state index in [4.69, 9.17) is 9.47 Å². The van der Waals surface area contributed by atoms with Crippen molar-refractivity contribution < 1.29 is 29.3 Å². The summed E-state index contributed by atoms with van der Waals surface area (Å²) in [4.78, 5) is 27.1.